The summed E-state index contributed by atoms with van der Waals surface area (Å²) in [6.45, 7) is 6.75. The van der Waals surface area contributed by atoms with Crippen LogP contribution < -0.4 is 4.74 Å². The number of imidazole rings is 1. The van der Waals surface area contributed by atoms with Gasteiger partial charge in [0, 0.05) is 5.56 Å². The average molecular weight is 222 g/mol. The van der Waals surface area contributed by atoms with Gasteiger partial charge in [-0.15, -0.1) is 0 Å². The first-order valence-corrected chi connectivity index (χ1v) is 5.39. The van der Waals surface area contributed by atoms with Crippen LogP contribution in [-0.4, -0.2) is 16.6 Å². The number of hydrogen-bond donors (Lipinski definition) is 2. The van der Waals surface area contributed by atoms with Crippen molar-refractivity contribution in [1.29, 1.82) is 0 Å². The standard InChI is InChI=1S/C11H14N2OS/c1-4-14-10-6(2)5-8-9(7(10)3)13-11(15)12-8/h5H,4H2,1-3H3,(H2,12,13,15). The molecule has 3 nitrogen and oxygen atoms in total. The van der Waals surface area contributed by atoms with E-state index < -0.39 is 0 Å². The summed E-state index contributed by atoms with van der Waals surface area (Å²) in [5.41, 5.74) is 4.32. The second kappa shape index (κ2) is 3.70. The molecule has 80 valence electrons. The van der Waals surface area contributed by atoms with Crippen molar-refractivity contribution in [3.8, 4) is 5.75 Å². The SMILES string of the molecule is CCOc1c(C)cc2[nH]c(=S)[nH]c2c1C. The molecule has 0 aliphatic carbocycles. The van der Waals surface area contributed by atoms with Crippen LogP contribution in [0, 0.1) is 18.6 Å². The molecule has 4 heteroatoms. The summed E-state index contributed by atoms with van der Waals surface area (Å²) in [6, 6.07) is 2.06. The highest BCUT2D eigenvalue weighted by Crippen LogP contribution is 2.29. The molecule has 0 unspecified atom stereocenters. The molecule has 2 aromatic rings. The maximum Gasteiger partial charge on any atom is 0.175 e. The molecule has 1 aromatic heterocycles. The van der Waals surface area contributed by atoms with Gasteiger partial charge in [-0.05, 0) is 44.6 Å². The quantitative estimate of drug-likeness (QED) is 0.766. The highest BCUT2D eigenvalue weighted by molar-refractivity contribution is 7.71. The van der Waals surface area contributed by atoms with Gasteiger partial charge in [-0.1, -0.05) is 0 Å². The van der Waals surface area contributed by atoms with E-state index in [9.17, 15) is 0 Å². The molecule has 15 heavy (non-hydrogen) atoms. The summed E-state index contributed by atoms with van der Waals surface area (Å²) in [7, 11) is 0. The van der Waals surface area contributed by atoms with E-state index in [0.717, 1.165) is 27.9 Å². The van der Waals surface area contributed by atoms with Crippen LogP contribution in [-0.2, 0) is 0 Å². The zero-order valence-electron chi connectivity index (χ0n) is 9.10. The second-order valence-electron chi connectivity index (χ2n) is 3.58. The fourth-order valence-corrected chi connectivity index (χ4v) is 2.07. The van der Waals surface area contributed by atoms with Crippen LogP contribution in [0.5, 0.6) is 5.75 Å². The number of hydrogen-bond acceptors (Lipinski definition) is 2. The minimum Gasteiger partial charge on any atom is -0.493 e. The minimum absolute atomic E-state index is 0.654. The Morgan fingerprint density at radius 2 is 2.07 bits per heavy atom. The van der Waals surface area contributed by atoms with E-state index in [0.29, 0.717) is 11.4 Å². The summed E-state index contributed by atoms with van der Waals surface area (Å²) in [5, 5.41) is 0. The van der Waals surface area contributed by atoms with Crippen LogP contribution in [0.15, 0.2) is 6.07 Å². The summed E-state index contributed by atoms with van der Waals surface area (Å²) in [4.78, 5) is 6.25. The zero-order chi connectivity index (χ0) is 11.0. The van der Waals surface area contributed by atoms with Crippen molar-refractivity contribution in [1.82, 2.24) is 9.97 Å². The number of H-pyrrole nitrogens is 2. The normalized spacial score (nSPS) is 10.9. The van der Waals surface area contributed by atoms with Crippen molar-refractivity contribution >= 4 is 23.3 Å². The Labute approximate surface area is 93.5 Å². The van der Waals surface area contributed by atoms with E-state index in [1.807, 2.05) is 20.8 Å². The number of fused-ring (bicyclic) bond motifs is 1. The highest BCUT2D eigenvalue weighted by Gasteiger charge is 2.09. The summed E-state index contributed by atoms with van der Waals surface area (Å²) in [5.74, 6) is 0.954. The number of rotatable bonds is 2. The van der Waals surface area contributed by atoms with Gasteiger partial charge in [0.1, 0.15) is 5.75 Å². The van der Waals surface area contributed by atoms with Crippen molar-refractivity contribution in [3.05, 3.63) is 22.0 Å². The van der Waals surface area contributed by atoms with E-state index in [2.05, 4.69) is 16.0 Å². The minimum atomic E-state index is 0.654. The molecule has 0 saturated carbocycles. The molecular formula is C11H14N2OS. The number of ether oxygens (including phenoxy) is 1. The van der Waals surface area contributed by atoms with Crippen LogP contribution in [0.1, 0.15) is 18.1 Å². The maximum absolute atomic E-state index is 5.62. The molecular weight excluding hydrogens is 208 g/mol. The fraction of sp³-hybridized carbons (Fsp3) is 0.364. The summed E-state index contributed by atoms with van der Waals surface area (Å²) in [6.07, 6.45) is 0. The first-order chi connectivity index (χ1) is 7.13. The van der Waals surface area contributed by atoms with Crippen LogP contribution in [0.2, 0.25) is 0 Å². The van der Waals surface area contributed by atoms with Crippen LogP contribution in [0.25, 0.3) is 11.0 Å². The molecule has 0 radical (unpaired) electrons. The van der Waals surface area contributed by atoms with Crippen molar-refractivity contribution < 1.29 is 4.74 Å². The third-order valence-corrected chi connectivity index (χ3v) is 2.68. The predicted octanol–water partition coefficient (Wildman–Crippen LogP) is 3.24. The van der Waals surface area contributed by atoms with Crippen molar-refractivity contribution in [2.45, 2.75) is 20.8 Å². The van der Waals surface area contributed by atoms with E-state index in [1.165, 1.54) is 0 Å². The summed E-state index contributed by atoms with van der Waals surface area (Å²) >= 11 is 5.07. The Morgan fingerprint density at radius 1 is 1.33 bits per heavy atom. The second-order valence-corrected chi connectivity index (χ2v) is 3.99. The van der Waals surface area contributed by atoms with E-state index in [1.54, 1.807) is 0 Å². The molecule has 0 amide bonds. The van der Waals surface area contributed by atoms with Crippen molar-refractivity contribution in [3.63, 3.8) is 0 Å². The smallest absolute Gasteiger partial charge is 0.175 e. The topological polar surface area (TPSA) is 40.8 Å². The van der Waals surface area contributed by atoms with E-state index in [4.69, 9.17) is 17.0 Å². The average Bonchev–Trinajstić information content (AvgIpc) is 2.53. The Bertz CT molecular complexity index is 553. The monoisotopic (exact) mass is 222 g/mol. The molecule has 0 saturated heterocycles. The Morgan fingerprint density at radius 3 is 2.73 bits per heavy atom. The molecule has 0 aliphatic heterocycles. The highest BCUT2D eigenvalue weighted by atomic mass is 32.1. The summed E-state index contributed by atoms with van der Waals surface area (Å²) < 4.78 is 6.27. The predicted molar refractivity (Wildman–Crippen MR) is 64.1 cm³/mol. The number of benzene rings is 1. The molecule has 0 spiro atoms. The van der Waals surface area contributed by atoms with Gasteiger partial charge in [-0.3, -0.25) is 0 Å². The van der Waals surface area contributed by atoms with Crippen LogP contribution in [0.4, 0.5) is 0 Å². The molecule has 0 bridgehead atoms. The number of aromatic amines is 2. The lowest BCUT2D eigenvalue weighted by molar-refractivity contribution is 0.336. The molecule has 0 atom stereocenters. The number of aryl methyl sites for hydroxylation is 2. The first-order valence-electron chi connectivity index (χ1n) is 4.98. The molecule has 2 rings (SSSR count). The van der Waals surface area contributed by atoms with Gasteiger partial charge in [0.25, 0.3) is 0 Å². The van der Waals surface area contributed by atoms with Gasteiger partial charge in [-0.2, -0.15) is 0 Å². The van der Waals surface area contributed by atoms with E-state index >= 15 is 0 Å². The molecule has 0 fully saturated rings. The van der Waals surface area contributed by atoms with Gasteiger partial charge < -0.3 is 14.7 Å². The van der Waals surface area contributed by atoms with Crippen molar-refractivity contribution in [2.75, 3.05) is 6.61 Å². The third kappa shape index (κ3) is 1.65. The van der Waals surface area contributed by atoms with Gasteiger partial charge in [0.15, 0.2) is 4.77 Å². The van der Waals surface area contributed by atoms with Crippen molar-refractivity contribution in [2.24, 2.45) is 0 Å². The number of aromatic nitrogens is 2. The maximum atomic E-state index is 5.62. The fourth-order valence-electron chi connectivity index (χ4n) is 1.86. The van der Waals surface area contributed by atoms with Crippen LogP contribution >= 0.6 is 12.2 Å². The van der Waals surface area contributed by atoms with E-state index in [-0.39, 0.29) is 0 Å². The number of nitrogens with one attached hydrogen (secondary N) is 2. The molecule has 2 N–H and O–H groups in total. The lowest BCUT2D eigenvalue weighted by atomic mass is 10.1. The van der Waals surface area contributed by atoms with Crippen LogP contribution in [0.3, 0.4) is 0 Å². The van der Waals surface area contributed by atoms with Gasteiger partial charge in [0.2, 0.25) is 0 Å². The largest absolute Gasteiger partial charge is 0.493 e. The third-order valence-electron chi connectivity index (χ3n) is 2.48. The Kier molecular flexibility index (Phi) is 2.52. The Balaban J connectivity index is 2.76. The van der Waals surface area contributed by atoms with Gasteiger partial charge in [-0.25, -0.2) is 0 Å². The lowest BCUT2D eigenvalue weighted by Crippen LogP contribution is -1.97. The molecule has 1 heterocycles. The Hall–Kier alpha value is -1.29. The van der Waals surface area contributed by atoms with Gasteiger partial charge in [0.05, 0.1) is 17.6 Å². The first kappa shape index (κ1) is 10.2. The van der Waals surface area contributed by atoms with Gasteiger partial charge >= 0.3 is 0 Å². The zero-order valence-corrected chi connectivity index (χ0v) is 9.92. The molecule has 1 aromatic carbocycles. The lowest BCUT2D eigenvalue weighted by Gasteiger charge is -2.10. The molecule has 0 aliphatic rings.